The molecule has 1 saturated heterocycles. The summed E-state index contributed by atoms with van der Waals surface area (Å²) in [6, 6.07) is 2.46. The van der Waals surface area contributed by atoms with Crippen LogP contribution in [0.4, 0.5) is 18.9 Å². The minimum atomic E-state index is -4.43. The predicted molar refractivity (Wildman–Crippen MR) is 95.0 cm³/mol. The van der Waals surface area contributed by atoms with Gasteiger partial charge in [0.15, 0.2) is 0 Å². The van der Waals surface area contributed by atoms with Crippen LogP contribution in [0, 0.1) is 5.92 Å². The molecule has 28 heavy (non-hydrogen) atoms. The maximum Gasteiger partial charge on any atom is 0.433 e. The van der Waals surface area contributed by atoms with Crippen molar-refractivity contribution in [1.29, 1.82) is 0 Å². The molecule has 150 valence electrons. The Kier molecular flexibility index (Phi) is 5.09. The fourth-order valence-electron chi connectivity index (χ4n) is 3.32. The lowest BCUT2D eigenvalue weighted by atomic mass is 10.1. The first-order valence-electron chi connectivity index (χ1n) is 9.31. The fourth-order valence-corrected chi connectivity index (χ4v) is 3.32. The van der Waals surface area contributed by atoms with Crippen molar-refractivity contribution in [2.24, 2.45) is 5.92 Å². The van der Waals surface area contributed by atoms with Crippen molar-refractivity contribution in [3.05, 3.63) is 41.6 Å². The van der Waals surface area contributed by atoms with Gasteiger partial charge in [0.05, 0.1) is 30.7 Å². The third kappa shape index (κ3) is 4.19. The molecule has 6 nitrogen and oxygen atoms in total. The van der Waals surface area contributed by atoms with E-state index in [1.165, 1.54) is 12.3 Å². The summed E-state index contributed by atoms with van der Waals surface area (Å²) in [5.74, 6) is 1.79. The number of pyridine rings is 1. The van der Waals surface area contributed by atoms with E-state index in [9.17, 15) is 18.3 Å². The summed E-state index contributed by atoms with van der Waals surface area (Å²) in [6.07, 6.45) is 1.47. The van der Waals surface area contributed by atoms with Crippen molar-refractivity contribution in [3.8, 4) is 5.88 Å². The van der Waals surface area contributed by atoms with Crippen molar-refractivity contribution in [1.82, 2.24) is 15.0 Å². The molecule has 4 rings (SSSR count). The highest BCUT2D eigenvalue weighted by molar-refractivity contribution is 5.45. The molecular formula is C19H21F3N4O2. The number of hydrogen-bond acceptors (Lipinski definition) is 6. The molecule has 0 unspecified atom stereocenters. The van der Waals surface area contributed by atoms with E-state index in [-0.39, 0.29) is 12.5 Å². The van der Waals surface area contributed by atoms with Crippen molar-refractivity contribution >= 4 is 5.69 Å². The fraction of sp³-hybridized carbons (Fsp3) is 0.526. The van der Waals surface area contributed by atoms with E-state index in [2.05, 4.69) is 15.0 Å². The van der Waals surface area contributed by atoms with E-state index in [4.69, 9.17) is 4.74 Å². The summed E-state index contributed by atoms with van der Waals surface area (Å²) < 4.78 is 43.8. The standard InChI is InChI=1S/C19H21F3N4O2/c20-19(21,22)16-4-3-15(8-23-16)26-6-5-12(9-26)11-28-18-14(10-27)7-24-17(25-18)13-1-2-13/h3-4,7-8,12-13,27H,1-2,5-6,9-11H2/t12-/m0/s1. The minimum absolute atomic E-state index is 0.186. The van der Waals surface area contributed by atoms with Crippen LogP contribution in [0.15, 0.2) is 24.5 Å². The zero-order valence-corrected chi connectivity index (χ0v) is 15.2. The highest BCUT2D eigenvalue weighted by atomic mass is 19.4. The first kappa shape index (κ1) is 18.9. The zero-order chi connectivity index (χ0) is 19.7. The highest BCUT2D eigenvalue weighted by Crippen LogP contribution is 2.38. The number of aromatic nitrogens is 3. The highest BCUT2D eigenvalue weighted by Gasteiger charge is 2.33. The molecule has 0 bridgehead atoms. The SMILES string of the molecule is OCc1cnc(C2CC2)nc1OC[C@H]1CCN(c2ccc(C(F)(F)F)nc2)C1. The molecule has 1 aliphatic heterocycles. The Morgan fingerprint density at radius 3 is 2.61 bits per heavy atom. The summed E-state index contributed by atoms with van der Waals surface area (Å²) in [4.78, 5) is 14.3. The first-order chi connectivity index (χ1) is 13.4. The molecule has 1 atom stereocenters. The van der Waals surface area contributed by atoms with E-state index in [1.54, 1.807) is 6.20 Å². The van der Waals surface area contributed by atoms with Gasteiger partial charge in [-0.05, 0) is 31.4 Å². The van der Waals surface area contributed by atoms with E-state index in [1.807, 2.05) is 4.90 Å². The molecule has 2 aromatic rings. The zero-order valence-electron chi connectivity index (χ0n) is 15.2. The number of nitrogens with zero attached hydrogens (tertiary/aromatic N) is 4. The van der Waals surface area contributed by atoms with Crippen LogP contribution < -0.4 is 9.64 Å². The number of aliphatic hydroxyl groups is 1. The van der Waals surface area contributed by atoms with E-state index < -0.39 is 11.9 Å². The van der Waals surface area contributed by atoms with E-state index >= 15 is 0 Å². The van der Waals surface area contributed by atoms with Crippen LogP contribution >= 0.6 is 0 Å². The normalized spacial score (nSPS) is 19.9. The van der Waals surface area contributed by atoms with Gasteiger partial charge in [-0.25, -0.2) is 9.97 Å². The third-order valence-electron chi connectivity index (χ3n) is 5.10. The van der Waals surface area contributed by atoms with Gasteiger partial charge in [-0.2, -0.15) is 18.2 Å². The molecule has 3 heterocycles. The summed E-state index contributed by atoms with van der Waals surface area (Å²) in [7, 11) is 0. The third-order valence-corrected chi connectivity index (χ3v) is 5.10. The maximum atomic E-state index is 12.6. The van der Waals surface area contributed by atoms with Gasteiger partial charge in [0.2, 0.25) is 5.88 Å². The van der Waals surface area contributed by atoms with Gasteiger partial charge in [-0.1, -0.05) is 0 Å². The lowest BCUT2D eigenvalue weighted by molar-refractivity contribution is -0.141. The topological polar surface area (TPSA) is 71.4 Å². The molecular weight excluding hydrogens is 373 g/mol. The number of hydrogen-bond donors (Lipinski definition) is 1. The Morgan fingerprint density at radius 2 is 1.96 bits per heavy atom. The maximum absolute atomic E-state index is 12.6. The van der Waals surface area contributed by atoms with Gasteiger partial charge in [0.25, 0.3) is 0 Å². The molecule has 1 N–H and O–H groups in total. The van der Waals surface area contributed by atoms with E-state index in [0.29, 0.717) is 36.2 Å². The summed E-state index contributed by atoms with van der Waals surface area (Å²) in [5, 5.41) is 9.47. The largest absolute Gasteiger partial charge is 0.477 e. The average molecular weight is 394 g/mol. The number of rotatable bonds is 6. The van der Waals surface area contributed by atoms with E-state index in [0.717, 1.165) is 37.7 Å². The second kappa shape index (κ2) is 7.54. The molecule has 0 spiro atoms. The second-order valence-corrected chi connectivity index (χ2v) is 7.30. The van der Waals surface area contributed by atoms with Crippen LogP contribution in [0.25, 0.3) is 0 Å². The Hall–Kier alpha value is -2.42. The molecule has 0 radical (unpaired) electrons. The van der Waals surface area contributed by atoms with Gasteiger partial charge >= 0.3 is 6.18 Å². The van der Waals surface area contributed by atoms with Crippen LogP contribution in [0.1, 0.15) is 42.3 Å². The molecule has 2 aliphatic rings. The second-order valence-electron chi connectivity index (χ2n) is 7.30. The molecule has 1 saturated carbocycles. The lowest BCUT2D eigenvalue weighted by Gasteiger charge is -2.19. The van der Waals surface area contributed by atoms with Crippen molar-refractivity contribution in [2.75, 3.05) is 24.6 Å². The smallest absolute Gasteiger partial charge is 0.433 e. The summed E-state index contributed by atoms with van der Waals surface area (Å²) in [6.45, 7) is 1.64. The monoisotopic (exact) mass is 394 g/mol. The Bertz CT molecular complexity index is 825. The Balaban J connectivity index is 1.36. The van der Waals surface area contributed by atoms with Crippen LogP contribution in [-0.4, -0.2) is 39.8 Å². The Labute approximate surface area is 160 Å². The number of halogens is 3. The molecule has 2 aromatic heterocycles. The molecule has 0 amide bonds. The van der Waals surface area contributed by atoms with Crippen LogP contribution in [0.2, 0.25) is 0 Å². The molecule has 1 aliphatic carbocycles. The van der Waals surface area contributed by atoms with Gasteiger partial charge in [0.1, 0.15) is 11.5 Å². The van der Waals surface area contributed by atoms with Gasteiger partial charge in [-0.15, -0.1) is 0 Å². The van der Waals surface area contributed by atoms with Gasteiger partial charge < -0.3 is 14.7 Å². The molecule has 2 fully saturated rings. The Morgan fingerprint density at radius 1 is 1.14 bits per heavy atom. The van der Waals surface area contributed by atoms with Gasteiger partial charge in [0, 0.05) is 31.1 Å². The predicted octanol–water partition coefficient (Wildman–Crippen LogP) is 3.17. The number of anilines is 1. The number of aliphatic hydroxyl groups excluding tert-OH is 1. The van der Waals surface area contributed by atoms with Gasteiger partial charge in [-0.3, -0.25) is 0 Å². The molecule has 0 aromatic carbocycles. The molecule has 9 heteroatoms. The van der Waals surface area contributed by atoms with Crippen molar-refractivity contribution in [2.45, 2.75) is 38.0 Å². The van der Waals surface area contributed by atoms with Crippen LogP contribution in [-0.2, 0) is 12.8 Å². The average Bonchev–Trinajstić information content (AvgIpc) is 3.43. The summed E-state index contributed by atoms with van der Waals surface area (Å²) in [5.41, 5.74) is 0.345. The quantitative estimate of drug-likeness (QED) is 0.812. The number of alkyl halides is 3. The summed E-state index contributed by atoms with van der Waals surface area (Å²) >= 11 is 0. The lowest BCUT2D eigenvalue weighted by Crippen LogP contribution is -2.22. The van der Waals surface area contributed by atoms with Crippen molar-refractivity contribution < 1.29 is 23.0 Å². The number of ether oxygens (including phenoxy) is 1. The minimum Gasteiger partial charge on any atom is -0.477 e. The van der Waals surface area contributed by atoms with Crippen LogP contribution in [0.3, 0.4) is 0 Å². The first-order valence-corrected chi connectivity index (χ1v) is 9.31. The van der Waals surface area contributed by atoms with Crippen molar-refractivity contribution in [3.63, 3.8) is 0 Å². The van der Waals surface area contributed by atoms with Crippen LogP contribution in [0.5, 0.6) is 5.88 Å².